The fourth-order valence-corrected chi connectivity index (χ4v) is 4.64. The van der Waals surface area contributed by atoms with Gasteiger partial charge >= 0.3 is 0 Å². The highest BCUT2D eigenvalue weighted by atomic mass is 32.1. The van der Waals surface area contributed by atoms with E-state index in [1.807, 2.05) is 17.9 Å². The summed E-state index contributed by atoms with van der Waals surface area (Å²) < 4.78 is 12.3. The van der Waals surface area contributed by atoms with Gasteiger partial charge in [-0.25, -0.2) is 4.98 Å². The van der Waals surface area contributed by atoms with Gasteiger partial charge in [0.15, 0.2) is 0 Å². The Morgan fingerprint density at radius 3 is 3.00 bits per heavy atom. The van der Waals surface area contributed by atoms with Crippen LogP contribution in [0.2, 0.25) is 0 Å². The van der Waals surface area contributed by atoms with Gasteiger partial charge in [-0.1, -0.05) is 6.07 Å². The molecule has 2 aromatic heterocycles. The Bertz CT molecular complexity index is 727. The second kappa shape index (κ2) is 7.11. The highest BCUT2D eigenvalue weighted by Gasteiger charge is 2.47. The lowest BCUT2D eigenvalue weighted by atomic mass is 9.84. The lowest BCUT2D eigenvalue weighted by molar-refractivity contribution is -0.200. The zero-order valence-electron chi connectivity index (χ0n) is 14.9. The number of aromatic nitrogens is 2. The zero-order valence-corrected chi connectivity index (χ0v) is 15.7. The van der Waals surface area contributed by atoms with Crippen LogP contribution in [0.5, 0.6) is 0 Å². The molecular weight excluding hydrogens is 334 g/mol. The van der Waals surface area contributed by atoms with E-state index in [2.05, 4.69) is 34.8 Å². The molecule has 0 bridgehead atoms. The normalized spacial score (nSPS) is 22.9. The molecule has 2 fully saturated rings. The second-order valence-corrected chi connectivity index (χ2v) is 8.27. The average Bonchev–Trinajstić information content (AvgIpc) is 2.97. The topological polar surface area (TPSA) is 47.5 Å². The summed E-state index contributed by atoms with van der Waals surface area (Å²) in [5.41, 5.74) is 5.41. The van der Waals surface area contributed by atoms with Crippen molar-refractivity contribution in [3.8, 4) is 0 Å². The molecule has 134 valence electrons. The molecule has 0 aromatic carbocycles. The van der Waals surface area contributed by atoms with E-state index in [-0.39, 0.29) is 11.7 Å². The second-order valence-electron chi connectivity index (χ2n) is 7.33. The zero-order chi connectivity index (χ0) is 17.3. The molecule has 6 heteroatoms. The monoisotopic (exact) mass is 359 g/mol. The molecule has 2 saturated heterocycles. The Kier molecular flexibility index (Phi) is 4.86. The first-order valence-electron chi connectivity index (χ1n) is 8.89. The Morgan fingerprint density at radius 2 is 2.24 bits per heavy atom. The summed E-state index contributed by atoms with van der Waals surface area (Å²) in [5, 5.41) is 0. The quantitative estimate of drug-likeness (QED) is 0.821. The molecule has 2 aliphatic rings. The van der Waals surface area contributed by atoms with Crippen LogP contribution in [0.1, 0.15) is 34.5 Å². The molecule has 0 unspecified atom stereocenters. The molecule has 0 N–H and O–H groups in total. The van der Waals surface area contributed by atoms with Crippen LogP contribution < -0.4 is 0 Å². The lowest BCUT2D eigenvalue weighted by Gasteiger charge is -2.53. The highest BCUT2D eigenvalue weighted by Crippen LogP contribution is 2.36. The number of aryl methyl sites for hydroxylation is 2. The van der Waals surface area contributed by atoms with Gasteiger partial charge in [-0.05, 0) is 31.4 Å². The molecule has 25 heavy (non-hydrogen) atoms. The van der Waals surface area contributed by atoms with Gasteiger partial charge in [0.2, 0.25) is 0 Å². The standard InChI is InChI=1S/C19H25N3O2S/c1-14-5-16(8-20-7-14)10-23-17-3-4-24-19(6-17)11-22(12-19)9-18-15(2)21-13-25-18/h5,7-8,13,17H,3-4,6,9-12H2,1-2H3/t17-/m1/s1. The van der Waals surface area contributed by atoms with E-state index in [1.54, 1.807) is 11.3 Å². The summed E-state index contributed by atoms with van der Waals surface area (Å²) >= 11 is 1.75. The smallest absolute Gasteiger partial charge is 0.0959 e. The fraction of sp³-hybridized carbons (Fsp3) is 0.579. The Balaban J connectivity index is 1.28. The minimum absolute atomic E-state index is 0.00758. The van der Waals surface area contributed by atoms with Crippen molar-refractivity contribution in [3.05, 3.63) is 45.7 Å². The first kappa shape index (κ1) is 17.1. The lowest BCUT2D eigenvalue weighted by Crippen LogP contribution is -2.65. The van der Waals surface area contributed by atoms with Crippen LogP contribution >= 0.6 is 11.3 Å². The molecule has 0 radical (unpaired) electrons. The average molecular weight is 359 g/mol. The number of nitrogens with zero attached hydrogens (tertiary/aromatic N) is 3. The van der Waals surface area contributed by atoms with Crippen molar-refractivity contribution < 1.29 is 9.47 Å². The molecule has 0 aliphatic carbocycles. The van der Waals surface area contributed by atoms with Crippen molar-refractivity contribution in [2.24, 2.45) is 0 Å². The number of pyridine rings is 1. The summed E-state index contributed by atoms with van der Waals surface area (Å²) in [6.07, 6.45) is 6.02. The fourth-order valence-electron chi connectivity index (χ4n) is 3.82. The van der Waals surface area contributed by atoms with Crippen LogP contribution in [-0.2, 0) is 22.6 Å². The van der Waals surface area contributed by atoms with E-state index >= 15 is 0 Å². The Labute approximate surface area is 153 Å². The summed E-state index contributed by atoms with van der Waals surface area (Å²) in [6.45, 7) is 8.56. The molecule has 1 spiro atoms. The van der Waals surface area contributed by atoms with Crippen LogP contribution in [-0.4, -0.2) is 46.3 Å². The van der Waals surface area contributed by atoms with Gasteiger partial charge in [0.1, 0.15) is 0 Å². The summed E-state index contributed by atoms with van der Waals surface area (Å²) in [7, 11) is 0. The van der Waals surface area contributed by atoms with Crippen molar-refractivity contribution >= 4 is 11.3 Å². The molecule has 5 nitrogen and oxygen atoms in total. The SMILES string of the molecule is Cc1cncc(CO[C@@H]2CCOC3(C2)CN(Cc2scnc2C)C3)c1. The van der Waals surface area contributed by atoms with Crippen molar-refractivity contribution in [3.63, 3.8) is 0 Å². The summed E-state index contributed by atoms with van der Waals surface area (Å²) in [4.78, 5) is 12.4. The molecule has 0 amide bonds. The number of ether oxygens (including phenoxy) is 2. The number of rotatable bonds is 5. The Morgan fingerprint density at radius 1 is 1.36 bits per heavy atom. The first-order valence-corrected chi connectivity index (χ1v) is 9.77. The van der Waals surface area contributed by atoms with E-state index in [4.69, 9.17) is 9.47 Å². The van der Waals surface area contributed by atoms with Gasteiger partial charge in [0.05, 0.1) is 29.5 Å². The van der Waals surface area contributed by atoms with Crippen LogP contribution in [0.15, 0.2) is 24.0 Å². The summed E-state index contributed by atoms with van der Waals surface area (Å²) in [6, 6.07) is 2.14. The predicted octanol–water partition coefficient (Wildman–Crippen LogP) is 3.11. The third-order valence-corrected chi connectivity index (χ3v) is 6.02. The van der Waals surface area contributed by atoms with Gasteiger partial charge < -0.3 is 9.47 Å². The minimum atomic E-state index is -0.00758. The van der Waals surface area contributed by atoms with Gasteiger partial charge in [-0.2, -0.15) is 0 Å². The molecular formula is C19H25N3O2S. The van der Waals surface area contributed by atoms with Crippen molar-refractivity contribution in [1.82, 2.24) is 14.9 Å². The Hall–Kier alpha value is -1.34. The maximum Gasteiger partial charge on any atom is 0.0959 e. The highest BCUT2D eigenvalue weighted by molar-refractivity contribution is 7.09. The maximum absolute atomic E-state index is 6.17. The molecule has 4 heterocycles. The third kappa shape index (κ3) is 3.92. The van der Waals surface area contributed by atoms with Crippen LogP contribution in [0.4, 0.5) is 0 Å². The van der Waals surface area contributed by atoms with Gasteiger partial charge in [-0.3, -0.25) is 9.88 Å². The van der Waals surface area contributed by atoms with E-state index < -0.39 is 0 Å². The largest absolute Gasteiger partial charge is 0.373 e. The number of likely N-dealkylation sites (tertiary alicyclic amines) is 1. The van der Waals surface area contributed by atoms with Gasteiger partial charge in [0.25, 0.3) is 0 Å². The molecule has 2 aliphatic heterocycles. The minimum Gasteiger partial charge on any atom is -0.373 e. The number of hydrogen-bond donors (Lipinski definition) is 0. The van der Waals surface area contributed by atoms with Crippen molar-refractivity contribution in [1.29, 1.82) is 0 Å². The van der Waals surface area contributed by atoms with E-state index in [9.17, 15) is 0 Å². The van der Waals surface area contributed by atoms with Crippen LogP contribution in [0.25, 0.3) is 0 Å². The molecule has 1 atom stereocenters. The molecule has 4 rings (SSSR count). The van der Waals surface area contributed by atoms with Crippen molar-refractivity contribution in [2.45, 2.75) is 51.5 Å². The third-order valence-electron chi connectivity index (χ3n) is 5.10. The van der Waals surface area contributed by atoms with Gasteiger partial charge in [-0.15, -0.1) is 11.3 Å². The number of hydrogen-bond acceptors (Lipinski definition) is 6. The molecule has 2 aromatic rings. The summed E-state index contributed by atoms with van der Waals surface area (Å²) in [5.74, 6) is 0. The van der Waals surface area contributed by atoms with Crippen LogP contribution in [0.3, 0.4) is 0 Å². The van der Waals surface area contributed by atoms with Crippen LogP contribution in [0, 0.1) is 13.8 Å². The number of thiazole rings is 1. The van der Waals surface area contributed by atoms with E-state index in [0.717, 1.165) is 50.3 Å². The van der Waals surface area contributed by atoms with E-state index in [1.165, 1.54) is 10.4 Å². The molecule has 0 saturated carbocycles. The maximum atomic E-state index is 6.17. The van der Waals surface area contributed by atoms with Gasteiger partial charge in [0, 0.05) is 49.9 Å². The first-order chi connectivity index (χ1) is 12.1. The predicted molar refractivity (Wildman–Crippen MR) is 97.6 cm³/mol. The van der Waals surface area contributed by atoms with Crippen molar-refractivity contribution in [2.75, 3.05) is 19.7 Å². The van der Waals surface area contributed by atoms with E-state index in [0.29, 0.717) is 6.61 Å².